The zero-order valence-electron chi connectivity index (χ0n) is 32.1. The number of fused-ring (bicyclic) bond motifs is 7. The minimum atomic E-state index is -0.281. The van der Waals surface area contributed by atoms with Crippen molar-refractivity contribution in [2.75, 3.05) is 4.90 Å². The minimum absolute atomic E-state index is 0.281. The molecule has 2 aromatic heterocycles. The highest BCUT2D eigenvalue weighted by Gasteiger charge is 2.38. The van der Waals surface area contributed by atoms with Crippen LogP contribution in [-0.2, 0) is 5.41 Å². The van der Waals surface area contributed by atoms with Gasteiger partial charge in [-0.1, -0.05) is 166 Å². The van der Waals surface area contributed by atoms with Crippen LogP contribution < -0.4 is 4.90 Å². The lowest BCUT2D eigenvalue weighted by Crippen LogP contribution is -2.32. The van der Waals surface area contributed by atoms with E-state index in [1.807, 2.05) is 72.8 Å². The van der Waals surface area contributed by atoms with E-state index >= 15 is 0 Å². The van der Waals surface area contributed by atoms with Crippen LogP contribution in [0.1, 0.15) is 25.0 Å². The molecule has 0 unspecified atom stereocenters. The fourth-order valence-corrected chi connectivity index (χ4v) is 9.06. The van der Waals surface area contributed by atoms with Gasteiger partial charge in [-0.3, -0.25) is 4.57 Å². The average Bonchev–Trinajstić information content (AvgIpc) is 3.60. The van der Waals surface area contributed by atoms with E-state index in [0.29, 0.717) is 17.6 Å². The van der Waals surface area contributed by atoms with Crippen LogP contribution in [-0.4, -0.2) is 19.5 Å². The lowest BCUT2D eigenvalue weighted by Gasteiger charge is -2.43. The molecule has 0 atom stereocenters. The highest BCUT2D eigenvalue weighted by atomic mass is 79.9. The Morgan fingerprint density at radius 1 is 0.569 bits per heavy atom. The molecule has 1 aliphatic heterocycles. The Hall–Kier alpha value is -6.89. The fourth-order valence-electron chi connectivity index (χ4n) is 8.54. The number of aromatic nitrogens is 4. The van der Waals surface area contributed by atoms with Gasteiger partial charge in [-0.2, -0.15) is 9.97 Å². The maximum Gasteiger partial charge on any atom is 0.238 e. The summed E-state index contributed by atoms with van der Waals surface area (Å²) in [5.41, 5.74) is 10.8. The third kappa shape index (κ3) is 5.79. The number of anilines is 2. The summed E-state index contributed by atoms with van der Waals surface area (Å²) >= 11 is 3.99. The van der Waals surface area contributed by atoms with Gasteiger partial charge in [0.1, 0.15) is 0 Å². The summed E-state index contributed by atoms with van der Waals surface area (Å²) in [4.78, 5) is 17.6. The molecule has 0 N–H and O–H groups in total. The van der Waals surface area contributed by atoms with Crippen molar-refractivity contribution >= 4 is 59.9 Å². The molecular weight excluding hydrogens is 775 g/mol. The fraction of sp³-hybridized carbons (Fsp3) is 0.0577. The molecule has 0 fully saturated rings. The first-order chi connectivity index (χ1) is 28.4. The number of benzene rings is 7. The van der Waals surface area contributed by atoms with Crippen molar-refractivity contribution < 1.29 is 0 Å². The minimum Gasteiger partial charge on any atom is -0.303 e. The van der Waals surface area contributed by atoms with Crippen LogP contribution in [0.5, 0.6) is 0 Å². The third-order valence-corrected chi connectivity index (χ3v) is 11.9. The summed E-state index contributed by atoms with van der Waals surface area (Å²) in [6.45, 7) is 8.55. The summed E-state index contributed by atoms with van der Waals surface area (Å²) in [6, 6.07) is 55.6. The van der Waals surface area contributed by atoms with Crippen LogP contribution >= 0.6 is 15.9 Å². The third-order valence-electron chi connectivity index (χ3n) is 11.3. The average molecular weight is 813 g/mol. The van der Waals surface area contributed by atoms with Gasteiger partial charge >= 0.3 is 0 Å². The van der Waals surface area contributed by atoms with Gasteiger partial charge in [-0.05, 0) is 80.0 Å². The predicted molar refractivity (Wildman–Crippen MR) is 245 cm³/mol. The van der Waals surface area contributed by atoms with E-state index in [-0.39, 0.29) is 5.41 Å². The maximum absolute atomic E-state index is 5.14. The van der Waals surface area contributed by atoms with Gasteiger partial charge in [0.2, 0.25) is 5.95 Å². The molecule has 1 aliphatic rings. The van der Waals surface area contributed by atoms with Gasteiger partial charge in [-0.25, -0.2) is 4.98 Å². The van der Waals surface area contributed by atoms with Crippen molar-refractivity contribution in [3.05, 3.63) is 204 Å². The zero-order chi connectivity index (χ0) is 39.4. The van der Waals surface area contributed by atoms with Crippen molar-refractivity contribution in [3.8, 4) is 39.9 Å². The second-order valence-corrected chi connectivity index (χ2v) is 15.9. The Balaban J connectivity index is 1.21. The summed E-state index contributed by atoms with van der Waals surface area (Å²) < 4.78 is 3.13. The molecule has 0 amide bonds. The second-order valence-electron chi connectivity index (χ2n) is 15.1. The van der Waals surface area contributed by atoms with Crippen LogP contribution in [0, 0.1) is 0 Å². The van der Waals surface area contributed by atoms with Crippen LogP contribution in [0.25, 0.3) is 72.4 Å². The smallest absolute Gasteiger partial charge is 0.238 e. The zero-order valence-corrected chi connectivity index (χ0v) is 33.7. The largest absolute Gasteiger partial charge is 0.303 e. The Morgan fingerprint density at radius 2 is 1.17 bits per heavy atom. The number of nitrogens with zero attached hydrogens (tertiary/aromatic N) is 5. The summed E-state index contributed by atoms with van der Waals surface area (Å²) in [5, 5.41) is 4.63. The number of allylic oxidation sites excluding steroid dienone is 4. The van der Waals surface area contributed by atoms with Gasteiger partial charge < -0.3 is 4.90 Å². The number of rotatable bonds is 7. The molecule has 0 saturated heterocycles. The molecule has 10 rings (SSSR count). The number of hydrogen-bond donors (Lipinski definition) is 0. The molecule has 7 aromatic carbocycles. The van der Waals surface area contributed by atoms with Gasteiger partial charge in [-0.15, -0.1) is 0 Å². The maximum atomic E-state index is 5.14. The van der Waals surface area contributed by atoms with E-state index < -0.39 is 0 Å². The van der Waals surface area contributed by atoms with Crippen LogP contribution in [0.3, 0.4) is 0 Å². The Labute approximate surface area is 346 Å². The molecule has 278 valence electrons. The van der Waals surface area contributed by atoms with E-state index in [1.54, 1.807) is 6.08 Å². The first kappa shape index (κ1) is 35.5. The Morgan fingerprint density at radius 3 is 1.88 bits per heavy atom. The SMILES string of the molecule is C=C/C=C\C=C(/Br)N1c2ccccc2C(C)(C)c2cc(-c3ccc4c(c3)c3ccccc3n4-c3nc(-c4ccccc4)nc(-c4ccccc4)n3)c3ccccc3c21. The normalized spacial score (nSPS) is 13.6. The lowest BCUT2D eigenvalue weighted by molar-refractivity contribution is 0.632. The van der Waals surface area contributed by atoms with Crippen molar-refractivity contribution in [2.24, 2.45) is 0 Å². The molecule has 58 heavy (non-hydrogen) atoms. The van der Waals surface area contributed by atoms with Crippen molar-refractivity contribution in [3.63, 3.8) is 0 Å². The van der Waals surface area contributed by atoms with Gasteiger partial charge in [0.05, 0.1) is 27.0 Å². The quantitative estimate of drug-likeness (QED) is 0.119. The van der Waals surface area contributed by atoms with Gasteiger partial charge in [0, 0.05) is 32.7 Å². The molecule has 0 saturated carbocycles. The first-order valence-corrected chi connectivity index (χ1v) is 20.2. The molecule has 0 bridgehead atoms. The topological polar surface area (TPSA) is 46.8 Å². The molecule has 5 nitrogen and oxygen atoms in total. The van der Waals surface area contributed by atoms with Crippen LogP contribution in [0.4, 0.5) is 11.4 Å². The molecule has 0 radical (unpaired) electrons. The monoisotopic (exact) mass is 811 g/mol. The number of hydrogen-bond acceptors (Lipinski definition) is 4. The molecule has 0 spiro atoms. The molecule has 6 heteroatoms. The van der Waals surface area contributed by atoms with Gasteiger partial charge in [0.15, 0.2) is 11.6 Å². The van der Waals surface area contributed by atoms with E-state index in [1.165, 1.54) is 33.2 Å². The highest BCUT2D eigenvalue weighted by molar-refractivity contribution is 9.11. The number of para-hydroxylation sites is 2. The highest BCUT2D eigenvalue weighted by Crippen LogP contribution is 2.55. The summed E-state index contributed by atoms with van der Waals surface area (Å²) in [5.74, 6) is 1.83. The summed E-state index contributed by atoms with van der Waals surface area (Å²) in [6.07, 6.45) is 7.85. The van der Waals surface area contributed by atoms with E-state index in [4.69, 9.17) is 15.0 Å². The molecular formula is C52H38BrN5. The Bertz CT molecular complexity index is 3070. The van der Waals surface area contributed by atoms with Crippen LogP contribution in [0.2, 0.25) is 0 Å². The van der Waals surface area contributed by atoms with Crippen LogP contribution in [0.15, 0.2) is 193 Å². The first-order valence-electron chi connectivity index (χ1n) is 19.4. The second kappa shape index (κ2) is 14.2. The van der Waals surface area contributed by atoms with E-state index in [2.05, 4.69) is 149 Å². The molecule has 9 aromatic rings. The van der Waals surface area contributed by atoms with E-state index in [0.717, 1.165) is 48.8 Å². The number of halogens is 1. The van der Waals surface area contributed by atoms with Crippen molar-refractivity contribution in [1.82, 2.24) is 19.5 Å². The summed E-state index contributed by atoms with van der Waals surface area (Å²) in [7, 11) is 0. The van der Waals surface area contributed by atoms with E-state index in [9.17, 15) is 0 Å². The standard InChI is InChI=1S/C52H38BrN5/c1-4-5-8-29-47(53)58-46-28-18-16-26-42(46)52(2,3)43-33-40(37-23-13-14-25-39(37)48(43)58)36-30-31-45-41(32-36)38-24-15-17-27-44(38)57(45)51-55-49(34-19-9-6-10-20-34)54-50(56-51)35-21-11-7-12-22-35/h4-33H,1H2,2-3H3/b8-5-,47-29+. The van der Waals surface area contributed by atoms with Crippen molar-refractivity contribution in [1.29, 1.82) is 0 Å². The predicted octanol–water partition coefficient (Wildman–Crippen LogP) is 13.9. The lowest BCUT2D eigenvalue weighted by atomic mass is 9.72. The van der Waals surface area contributed by atoms with Crippen molar-refractivity contribution in [2.45, 2.75) is 19.3 Å². The molecule has 0 aliphatic carbocycles. The molecule has 3 heterocycles. The Kier molecular flexibility index (Phi) is 8.72. The van der Waals surface area contributed by atoms with Gasteiger partial charge in [0.25, 0.3) is 0 Å².